The van der Waals surface area contributed by atoms with Crippen LogP contribution in [0.25, 0.3) is 0 Å². The molecule has 1 aliphatic heterocycles. The van der Waals surface area contributed by atoms with Gasteiger partial charge in [-0.15, -0.1) is 0 Å². The maximum Gasteiger partial charge on any atom is 0.338 e. The van der Waals surface area contributed by atoms with Gasteiger partial charge >= 0.3 is 5.97 Å². The molecule has 1 aliphatic carbocycles. The third kappa shape index (κ3) is 4.68. The van der Waals surface area contributed by atoms with Crippen LogP contribution < -0.4 is 10.2 Å². The van der Waals surface area contributed by atoms with Crippen LogP contribution in [0, 0.1) is 34.8 Å². The van der Waals surface area contributed by atoms with Gasteiger partial charge in [0.15, 0.2) is 6.61 Å². The van der Waals surface area contributed by atoms with Crippen molar-refractivity contribution in [2.75, 3.05) is 16.8 Å². The molecule has 0 radical (unpaired) electrons. The third-order valence-corrected chi connectivity index (χ3v) is 6.26. The molecule has 0 bridgehead atoms. The van der Waals surface area contributed by atoms with Gasteiger partial charge in [0.05, 0.1) is 28.0 Å². The number of nitro groups is 1. The molecule has 0 unspecified atom stereocenters. The second-order valence-corrected chi connectivity index (χ2v) is 8.60. The van der Waals surface area contributed by atoms with Crippen LogP contribution in [0.15, 0.2) is 54.6 Å². The highest BCUT2D eigenvalue weighted by molar-refractivity contribution is 6.22. The summed E-state index contributed by atoms with van der Waals surface area (Å²) in [5, 5.41) is 13.5. The zero-order chi connectivity index (χ0) is 25.3. The second-order valence-electron chi connectivity index (χ2n) is 8.60. The zero-order valence-electron chi connectivity index (χ0n) is 19.1. The average molecular weight is 477 g/mol. The Bertz CT molecular complexity index is 1250. The standard InChI is InChI=1S/C25H23N3O7/c1-14-6-9-17(12-20(14)28(33)34)26-21(29)13-35-25(32)16-7-10-18(11-8-16)27-23(30)19-5-3-4-15(2)22(19)24(27)31/h3-4,6-12,15,19,22H,5,13H2,1-2H3,(H,26,29)/t15-,19+,22+/m0/s1. The highest BCUT2D eigenvalue weighted by atomic mass is 16.6. The lowest BCUT2D eigenvalue weighted by molar-refractivity contribution is -0.385. The zero-order valence-corrected chi connectivity index (χ0v) is 19.1. The lowest BCUT2D eigenvalue weighted by atomic mass is 9.78. The maximum atomic E-state index is 12.9. The number of allylic oxidation sites excluding steroid dienone is 2. The minimum Gasteiger partial charge on any atom is -0.452 e. The quantitative estimate of drug-likeness (QED) is 0.221. The van der Waals surface area contributed by atoms with Crippen LogP contribution in [0.1, 0.15) is 29.3 Å². The first-order valence-corrected chi connectivity index (χ1v) is 11.0. The summed E-state index contributed by atoms with van der Waals surface area (Å²) in [5.41, 5.74) is 1.03. The van der Waals surface area contributed by atoms with E-state index in [1.165, 1.54) is 47.4 Å². The largest absolute Gasteiger partial charge is 0.452 e. The van der Waals surface area contributed by atoms with Gasteiger partial charge in [-0.1, -0.05) is 25.1 Å². The summed E-state index contributed by atoms with van der Waals surface area (Å²) < 4.78 is 5.02. The van der Waals surface area contributed by atoms with E-state index in [4.69, 9.17) is 4.74 Å². The molecule has 10 heteroatoms. The number of esters is 1. The minimum atomic E-state index is -0.771. The van der Waals surface area contributed by atoms with E-state index in [0.29, 0.717) is 17.7 Å². The van der Waals surface area contributed by atoms with Crippen molar-refractivity contribution < 1.29 is 28.8 Å². The second kappa shape index (κ2) is 9.49. The fraction of sp³-hybridized carbons (Fsp3) is 0.280. The molecular weight excluding hydrogens is 454 g/mol. The van der Waals surface area contributed by atoms with Crippen LogP contribution in [0.5, 0.6) is 0 Å². The van der Waals surface area contributed by atoms with E-state index in [9.17, 15) is 29.3 Å². The summed E-state index contributed by atoms with van der Waals surface area (Å²) in [5.74, 6) is -2.72. The lowest BCUT2D eigenvalue weighted by Gasteiger charge is -2.22. The molecule has 1 heterocycles. The van der Waals surface area contributed by atoms with Gasteiger partial charge < -0.3 is 10.1 Å². The molecule has 10 nitrogen and oxygen atoms in total. The maximum absolute atomic E-state index is 12.9. The number of ether oxygens (including phenoxy) is 1. The molecule has 1 N–H and O–H groups in total. The number of carbonyl (C=O) groups excluding carboxylic acids is 4. The van der Waals surface area contributed by atoms with Gasteiger partial charge in [-0.25, -0.2) is 4.79 Å². The Balaban J connectivity index is 1.36. The van der Waals surface area contributed by atoms with Crippen molar-refractivity contribution in [1.82, 2.24) is 0 Å². The minimum absolute atomic E-state index is 0.0263. The molecule has 0 aromatic heterocycles. The predicted octanol–water partition coefficient (Wildman–Crippen LogP) is 3.40. The summed E-state index contributed by atoms with van der Waals surface area (Å²) >= 11 is 0. The van der Waals surface area contributed by atoms with Gasteiger partial charge in [0.2, 0.25) is 11.8 Å². The molecule has 4 rings (SSSR count). The van der Waals surface area contributed by atoms with Crippen LogP contribution in [0.4, 0.5) is 17.1 Å². The number of imide groups is 1. The first kappa shape index (κ1) is 23.8. The summed E-state index contributed by atoms with van der Waals surface area (Å²) in [6.45, 7) is 2.90. The highest BCUT2D eigenvalue weighted by Crippen LogP contribution is 2.40. The van der Waals surface area contributed by atoms with Crippen LogP contribution in [0.3, 0.4) is 0 Å². The van der Waals surface area contributed by atoms with Gasteiger partial charge in [0, 0.05) is 17.3 Å². The number of hydrogen-bond donors (Lipinski definition) is 1. The van der Waals surface area contributed by atoms with Crippen molar-refractivity contribution in [3.8, 4) is 0 Å². The van der Waals surface area contributed by atoms with Gasteiger partial charge in [0.25, 0.3) is 11.6 Å². The molecule has 35 heavy (non-hydrogen) atoms. The molecule has 2 aromatic carbocycles. The van der Waals surface area contributed by atoms with E-state index in [-0.39, 0.29) is 46.5 Å². The molecule has 1 saturated heterocycles. The van der Waals surface area contributed by atoms with Gasteiger partial charge in [0.1, 0.15) is 0 Å². The van der Waals surface area contributed by atoms with Gasteiger partial charge in [-0.2, -0.15) is 0 Å². The van der Waals surface area contributed by atoms with E-state index in [1.54, 1.807) is 6.92 Å². The summed E-state index contributed by atoms with van der Waals surface area (Å²) in [6.07, 6.45) is 4.40. The van der Waals surface area contributed by atoms with Crippen molar-refractivity contribution in [3.63, 3.8) is 0 Å². The van der Waals surface area contributed by atoms with Crippen LogP contribution in [-0.2, 0) is 19.1 Å². The summed E-state index contributed by atoms with van der Waals surface area (Å²) in [4.78, 5) is 61.8. The van der Waals surface area contributed by atoms with E-state index >= 15 is 0 Å². The normalized spacial score (nSPS) is 21.0. The number of nitro benzene ring substituents is 1. The lowest BCUT2D eigenvalue weighted by Crippen LogP contribution is -2.31. The van der Waals surface area contributed by atoms with E-state index in [1.807, 2.05) is 19.1 Å². The summed E-state index contributed by atoms with van der Waals surface area (Å²) in [6, 6.07) is 10.1. The fourth-order valence-corrected chi connectivity index (χ4v) is 4.44. The molecule has 3 atom stereocenters. The number of rotatable bonds is 6. The first-order chi connectivity index (χ1) is 16.7. The number of aryl methyl sites for hydroxylation is 1. The Kier molecular flexibility index (Phi) is 6.46. The topological polar surface area (TPSA) is 136 Å². The molecule has 2 aromatic rings. The van der Waals surface area contributed by atoms with E-state index in [2.05, 4.69) is 5.32 Å². The molecule has 0 saturated carbocycles. The van der Waals surface area contributed by atoms with Gasteiger partial charge in [-0.05, 0) is 49.6 Å². The molecule has 0 spiro atoms. The molecule has 1 fully saturated rings. The Morgan fingerprint density at radius 1 is 1.14 bits per heavy atom. The van der Waals surface area contributed by atoms with Crippen LogP contribution >= 0.6 is 0 Å². The highest BCUT2D eigenvalue weighted by Gasteiger charge is 2.50. The number of carbonyl (C=O) groups is 4. The molecule has 180 valence electrons. The van der Waals surface area contributed by atoms with Crippen molar-refractivity contribution >= 4 is 40.8 Å². The summed E-state index contributed by atoms with van der Waals surface area (Å²) in [7, 11) is 0. The van der Waals surface area contributed by atoms with E-state index < -0.39 is 23.4 Å². The number of nitrogens with one attached hydrogen (secondary N) is 1. The SMILES string of the molecule is Cc1ccc(NC(=O)COC(=O)c2ccc(N3C(=O)[C@@H]4[C@@H](C)C=CC[C@H]4C3=O)cc2)cc1[N+](=O)[O-]. The fourth-order valence-electron chi connectivity index (χ4n) is 4.44. The smallest absolute Gasteiger partial charge is 0.338 e. The Morgan fingerprint density at radius 3 is 2.51 bits per heavy atom. The van der Waals surface area contributed by atoms with Gasteiger partial charge in [-0.3, -0.25) is 29.4 Å². The Labute approximate surface area is 200 Å². The Hall–Kier alpha value is -4.34. The molecule has 3 amide bonds. The van der Waals surface area contributed by atoms with Crippen molar-refractivity contribution in [2.45, 2.75) is 20.3 Å². The predicted molar refractivity (Wildman–Crippen MR) is 126 cm³/mol. The number of nitrogens with zero attached hydrogens (tertiary/aromatic N) is 2. The van der Waals surface area contributed by atoms with Crippen molar-refractivity contribution in [2.24, 2.45) is 17.8 Å². The van der Waals surface area contributed by atoms with E-state index in [0.717, 1.165) is 0 Å². The molecule has 2 aliphatic rings. The number of hydrogen-bond acceptors (Lipinski definition) is 7. The van der Waals surface area contributed by atoms with Crippen LogP contribution in [0.2, 0.25) is 0 Å². The van der Waals surface area contributed by atoms with Crippen molar-refractivity contribution in [3.05, 3.63) is 75.9 Å². The number of anilines is 2. The number of benzene rings is 2. The third-order valence-electron chi connectivity index (χ3n) is 6.26. The first-order valence-electron chi connectivity index (χ1n) is 11.0. The number of fused-ring (bicyclic) bond motifs is 1. The molecular formula is C25H23N3O7. The Morgan fingerprint density at radius 2 is 1.86 bits per heavy atom. The monoisotopic (exact) mass is 477 g/mol. The van der Waals surface area contributed by atoms with Crippen molar-refractivity contribution in [1.29, 1.82) is 0 Å². The number of amides is 3. The average Bonchev–Trinajstić information content (AvgIpc) is 3.09. The van der Waals surface area contributed by atoms with Crippen LogP contribution in [-0.4, -0.2) is 35.2 Å².